The van der Waals surface area contributed by atoms with E-state index < -0.39 is 23.8 Å². The van der Waals surface area contributed by atoms with Gasteiger partial charge in [0.2, 0.25) is 5.91 Å². The number of hydrogen-bond acceptors (Lipinski definition) is 5. The molecule has 29 heavy (non-hydrogen) atoms. The molecule has 2 aromatic carbocycles. The zero-order valence-electron chi connectivity index (χ0n) is 15.5. The molecule has 0 aromatic heterocycles. The average molecular weight is 456 g/mol. The minimum atomic E-state index is -0.726. The maximum Gasteiger partial charge on any atom is 0.310 e. The van der Waals surface area contributed by atoms with Gasteiger partial charge < -0.3 is 20.5 Å². The normalized spacial score (nSPS) is 11.3. The maximum atomic E-state index is 12.4. The Hall–Kier alpha value is -2.34. The van der Waals surface area contributed by atoms with Gasteiger partial charge in [0.05, 0.1) is 28.5 Å². The summed E-state index contributed by atoms with van der Waals surface area (Å²) in [6.07, 6.45) is -0.135. The van der Waals surface area contributed by atoms with Crippen molar-refractivity contribution in [2.24, 2.45) is 0 Å². The van der Waals surface area contributed by atoms with E-state index in [9.17, 15) is 14.4 Å². The fraction of sp³-hybridized carbons (Fsp3) is 0.211. The molecule has 0 bridgehead atoms. The van der Waals surface area contributed by atoms with Crippen LogP contribution in [-0.2, 0) is 14.1 Å². The van der Waals surface area contributed by atoms with E-state index in [2.05, 4.69) is 20.5 Å². The molecule has 0 saturated carbocycles. The molecule has 7 nitrogen and oxygen atoms in total. The van der Waals surface area contributed by atoms with Gasteiger partial charge in [0.15, 0.2) is 0 Å². The first-order valence-corrected chi connectivity index (χ1v) is 9.76. The predicted molar refractivity (Wildman–Crippen MR) is 116 cm³/mol. The Morgan fingerprint density at radius 2 is 1.79 bits per heavy atom. The summed E-state index contributed by atoms with van der Waals surface area (Å²) in [5.41, 5.74) is 1.73. The number of carbonyl (C=O) groups is 3. The Labute approximate surface area is 180 Å². The van der Waals surface area contributed by atoms with Crippen LogP contribution in [0.5, 0.6) is 0 Å². The van der Waals surface area contributed by atoms with E-state index in [1.54, 1.807) is 43.4 Å². The van der Waals surface area contributed by atoms with E-state index in [4.69, 9.17) is 23.2 Å². The molecule has 0 aliphatic carbocycles. The zero-order chi connectivity index (χ0) is 21.4. The van der Waals surface area contributed by atoms with Gasteiger partial charge in [-0.25, -0.2) is 0 Å². The van der Waals surface area contributed by atoms with Crippen molar-refractivity contribution in [1.82, 2.24) is 10.6 Å². The highest BCUT2D eigenvalue weighted by molar-refractivity contribution is 7.10. The molecule has 2 atom stereocenters. The first-order valence-electron chi connectivity index (χ1n) is 8.53. The summed E-state index contributed by atoms with van der Waals surface area (Å²) in [4.78, 5) is 36.3. The van der Waals surface area contributed by atoms with E-state index in [1.165, 1.54) is 0 Å². The molecule has 2 aromatic rings. The third-order valence-corrected chi connectivity index (χ3v) is 4.65. The number of anilines is 1. The third kappa shape index (κ3) is 7.20. The van der Waals surface area contributed by atoms with Gasteiger partial charge >= 0.3 is 5.97 Å². The molecule has 3 N–H and O–H groups in total. The van der Waals surface area contributed by atoms with E-state index in [1.807, 2.05) is 15.5 Å². The van der Waals surface area contributed by atoms with Gasteiger partial charge in [-0.15, -0.1) is 0 Å². The second kappa shape index (κ2) is 11.0. The van der Waals surface area contributed by atoms with Crippen LogP contribution in [0.1, 0.15) is 28.4 Å². The first-order chi connectivity index (χ1) is 13.8. The third-order valence-electron chi connectivity index (χ3n) is 3.95. The van der Waals surface area contributed by atoms with Crippen LogP contribution in [0, 0.1) is 0 Å². The molecule has 0 heterocycles. The highest BCUT2D eigenvalue weighted by Crippen LogP contribution is 2.26. The molecule has 0 aliphatic heterocycles. The molecule has 2 amide bonds. The summed E-state index contributed by atoms with van der Waals surface area (Å²) >= 11 is 12.0. The van der Waals surface area contributed by atoms with Gasteiger partial charge in [-0.3, -0.25) is 14.4 Å². The van der Waals surface area contributed by atoms with Gasteiger partial charge in [-0.1, -0.05) is 29.3 Å². The molecule has 2 unspecified atom stereocenters. The number of nitrogens with one attached hydrogen (secondary N) is 3. The van der Waals surface area contributed by atoms with Crippen LogP contribution in [0.2, 0.25) is 10.0 Å². The van der Waals surface area contributed by atoms with Crippen molar-refractivity contribution >= 4 is 56.1 Å². The highest BCUT2D eigenvalue weighted by Gasteiger charge is 2.20. The lowest BCUT2D eigenvalue weighted by atomic mass is 10.0. The molecule has 0 spiro atoms. The van der Waals surface area contributed by atoms with Crippen LogP contribution in [-0.4, -0.2) is 31.4 Å². The van der Waals surface area contributed by atoms with Crippen LogP contribution >= 0.6 is 32.7 Å². The standard InChI is InChI=1S/C19H20Cl2N3O4P/c1-22-15-4-2-3-11(7-15)19(27)23-10-17(25)24-16(9-18(26)28-29)12-5-13(20)8-14(21)6-12/h2-8,16,22H,9-10,29H2,1H3,(H,23,27)(H,24,25). The fourth-order valence-electron chi connectivity index (χ4n) is 2.57. The lowest BCUT2D eigenvalue weighted by Crippen LogP contribution is -2.39. The summed E-state index contributed by atoms with van der Waals surface area (Å²) in [6, 6.07) is 10.9. The molecule has 2 rings (SSSR count). The Morgan fingerprint density at radius 3 is 2.41 bits per heavy atom. The van der Waals surface area contributed by atoms with Crippen molar-refractivity contribution in [2.45, 2.75) is 12.5 Å². The van der Waals surface area contributed by atoms with Gasteiger partial charge in [-0.2, -0.15) is 0 Å². The molecule has 0 aliphatic rings. The summed E-state index contributed by atoms with van der Waals surface area (Å²) in [7, 11) is 3.61. The molecule has 154 valence electrons. The molecule has 0 saturated heterocycles. The fourth-order valence-corrected chi connectivity index (χ4v) is 3.21. The number of benzene rings is 2. The number of amides is 2. The van der Waals surface area contributed by atoms with Crippen molar-refractivity contribution in [2.75, 3.05) is 18.9 Å². The van der Waals surface area contributed by atoms with Gasteiger partial charge in [0.1, 0.15) is 0 Å². The Morgan fingerprint density at radius 1 is 1.10 bits per heavy atom. The molecule has 0 radical (unpaired) electrons. The second-order valence-electron chi connectivity index (χ2n) is 6.03. The van der Waals surface area contributed by atoms with Crippen LogP contribution in [0.3, 0.4) is 0 Å². The number of rotatable bonds is 8. The van der Waals surface area contributed by atoms with Crippen LogP contribution in [0.25, 0.3) is 0 Å². The van der Waals surface area contributed by atoms with E-state index in [-0.39, 0.29) is 13.0 Å². The molecular weight excluding hydrogens is 436 g/mol. The van der Waals surface area contributed by atoms with Crippen molar-refractivity contribution < 1.29 is 18.9 Å². The monoisotopic (exact) mass is 455 g/mol. The van der Waals surface area contributed by atoms with Crippen LogP contribution in [0.15, 0.2) is 42.5 Å². The number of hydrogen-bond donors (Lipinski definition) is 3. The largest absolute Gasteiger partial charge is 0.451 e. The van der Waals surface area contributed by atoms with E-state index >= 15 is 0 Å². The summed E-state index contributed by atoms with van der Waals surface area (Å²) < 4.78 is 4.61. The first kappa shape index (κ1) is 22.9. The minimum absolute atomic E-state index is 0.135. The summed E-state index contributed by atoms with van der Waals surface area (Å²) in [6.45, 7) is -0.274. The number of halogens is 2. The van der Waals surface area contributed by atoms with Crippen molar-refractivity contribution in [1.29, 1.82) is 0 Å². The summed E-state index contributed by atoms with van der Waals surface area (Å²) in [5.74, 6) is -1.44. The van der Waals surface area contributed by atoms with Crippen molar-refractivity contribution in [3.8, 4) is 0 Å². The zero-order valence-corrected chi connectivity index (χ0v) is 18.2. The lowest BCUT2D eigenvalue weighted by molar-refractivity contribution is -0.134. The quantitative estimate of drug-likeness (QED) is 0.530. The lowest BCUT2D eigenvalue weighted by Gasteiger charge is -2.19. The minimum Gasteiger partial charge on any atom is -0.451 e. The average Bonchev–Trinajstić information content (AvgIpc) is 2.70. The molecule has 10 heteroatoms. The van der Waals surface area contributed by atoms with Crippen LogP contribution in [0.4, 0.5) is 5.69 Å². The second-order valence-corrected chi connectivity index (χ2v) is 7.14. The smallest absolute Gasteiger partial charge is 0.310 e. The topological polar surface area (TPSA) is 96.5 Å². The van der Waals surface area contributed by atoms with Gasteiger partial charge in [0.25, 0.3) is 5.91 Å². The van der Waals surface area contributed by atoms with Gasteiger partial charge in [-0.05, 0) is 42.0 Å². The SMILES string of the molecule is CNc1cccc(C(=O)NCC(=O)NC(CC(=O)OP)c2cc(Cl)cc(Cl)c2)c1. The van der Waals surface area contributed by atoms with E-state index in [0.717, 1.165) is 5.69 Å². The Bertz CT molecular complexity index is 891. The van der Waals surface area contributed by atoms with Crippen LogP contribution < -0.4 is 16.0 Å². The maximum absolute atomic E-state index is 12.4. The van der Waals surface area contributed by atoms with Gasteiger partial charge in [0, 0.05) is 28.3 Å². The molecular formula is C19H20Cl2N3O4P. The number of carbonyl (C=O) groups excluding carboxylic acids is 3. The Kier molecular flexibility index (Phi) is 8.70. The van der Waals surface area contributed by atoms with Crippen molar-refractivity contribution in [3.63, 3.8) is 0 Å². The predicted octanol–water partition coefficient (Wildman–Crippen LogP) is 3.35. The summed E-state index contributed by atoms with van der Waals surface area (Å²) in [5, 5.41) is 8.90. The van der Waals surface area contributed by atoms with E-state index in [0.29, 0.717) is 21.2 Å². The molecule has 0 fully saturated rings. The van der Waals surface area contributed by atoms with Crippen molar-refractivity contribution in [3.05, 3.63) is 63.6 Å². The Balaban J connectivity index is 2.05. The highest BCUT2D eigenvalue weighted by atomic mass is 35.5.